The highest BCUT2D eigenvalue weighted by molar-refractivity contribution is 5.69. The second-order valence-corrected chi connectivity index (χ2v) is 7.32. The van der Waals surface area contributed by atoms with E-state index in [0.29, 0.717) is 5.56 Å². The Morgan fingerprint density at radius 3 is 1.94 bits per heavy atom. The molecular weight excluding hydrogens is 424 g/mol. The van der Waals surface area contributed by atoms with Gasteiger partial charge in [0.05, 0.1) is 0 Å². The molecule has 32 heavy (non-hydrogen) atoms. The third-order valence-corrected chi connectivity index (χ3v) is 4.86. The molecule has 10 heteroatoms. The van der Waals surface area contributed by atoms with Crippen molar-refractivity contribution in [2.75, 3.05) is 13.7 Å². The number of ether oxygens (including phenoxy) is 6. The van der Waals surface area contributed by atoms with Crippen LogP contribution in [0.25, 0.3) is 0 Å². The normalized spacial score (nSPS) is 27.2. The third kappa shape index (κ3) is 5.63. The molecule has 1 heterocycles. The van der Waals surface area contributed by atoms with Gasteiger partial charge in [-0.25, -0.2) is 0 Å². The van der Waals surface area contributed by atoms with Gasteiger partial charge in [0.2, 0.25) is 11.9 Å². The predicted octanol–water partition coefficient (Wildman–Crippen LogP) is 1.55. The van der Waals surface area contributed by atoms with Gasteiger partial charge in [-0.15, -0.1) is 0 Å². The Balaban J connectivity index is 2.72. The molecule has 1 aliphatic heterocycles. The maximum absolute atomic E-state index is 12.0. The highest BCUT2D eigenvalue weighted by Crippen LogP contribution is 2.44. The van der Waals surface area contributed by atoms with Gasteiger partial charge in [-0.3, -0.25) is 19.2 Å². The molecule has 1 saturated heterocycles. The zero-order valence-electron chi connectivity index (χ0n) is 18.9. The Kier molecular flexibility index (Phi) is 8.34. The number of aryl methyl sites for hydroxylation is 1. The summed E-state index contributed by atoms with van der Waals surface area (Å²) in [6.07, 6.45) is -5.05. The molecule has 0 amide bonds. The maximum Gasteiger partial charge on any atom is 0.303 e. The molecule has 0 aromatic heterocycles. The molecule has 0 unspecified atom stereocenters. The van der Waals surface area contributed by atoms with E-state index in [1.54, 1.807) is 31.2 Å². The lowest BCUT2D eigenvalue weighted by Crippen LogP contribution is -2.67. The first-order valence-corrected chi connectivity index (χ1v) is 9.96. The predicted molar refractivity (Wildman–Crippen MR) is 108 cm³/mol. The lowest BCUT2D eigenvalue weighted by atomic mass is 9.85. The van der Waals surface area contributed by atoms with Crippen molar-refractivity contribution in [3.8, 4) is 0 Å². The Labute approximate surface area is 186 Å². The van der Waals surface area contributed by atoms with E-state index in [9.17, 15) is 19.2 Å². The first-order chi connectivity index (χ1) is 15.0. The Morgan fingerprint density at radius 2 is 1.44 bits per heavy atom. The van der Waals surface area contributed by atoms with Crippen molar-refractivity contribution in [2.24, 2.45) is 0 Å². The van der Waals surface area contributed by atoms with Crippen LogP contribution in [0.1, 0.15) is 38.8 Å². The van der Waals surface area contributed by atoms with E-state index in [2.05, 4.69) is 0 Å². The summed E-state index contributed by atoms with van der Waals surface area (Å²) in [5, 5.41) is 0. The molecule has 0 saturated carbocycles. The van der Waals surface area contributed by atoms with Gasteiger partial charge >= 0.3 is 23.9 Å². The van der Waals surface area contributed by atoms with Gasteiger partial charge in [-0.2, -0.15) is 0 Å². The summed E-state index contributed by atoms with van der Waals surface area (Å²) < 4.78 is 33.5. The molecule has 0 N–H and O–H groups in total. The number of esters is 4. The van der Waals surface area contributed by atoms with E-state index in [4.69, 9.17) is 28.4 Å². The summed E-state index contributed by atoms with van der Waals surface area (Å²) in [5.74, 6) is -4.48. The van der Waals surface area contributed by atoms with Crippen LogP contribution < -0.4 is 0 Å². The summed E-state index contributed by atoms with van der Waals surface area (Å²) >= 11 is 0. The molecule has 1 aliphatic rings. The van der Waals surface area contributed by atoms with Gasteiger partial charge in [0.1, 0.15) is 12.7 Å². The number of benzene rings is 1. The molecule has 0 bridgehead atoms. The number of hydrogen-bond acceptors (Lipinski definition) is 10. The van der Waals surface area contributed by atoms with Crippen LogP contribution in [0.15, 0.2) is 24.3 Å². The Bertz CT molecular complexity index is 866. The summed E-state index contributed by atoms with van der Waals surface area (Å²) in [4.78, 5) is 47.3. The first-order valence-electron chi connectivity index (χ1n) is 9.96. The van der Waals surface area contributed by atoms with Crippen LogP contribution in [-0.2, 0) is 53.4 Å². The van der Waals surface area contributed by atoms with E-state index in [-0.39, 0.29) is 6.61 Å². The lowest BCUT2D eigenvalue weighted by Gasteiger charge is -2.50. The number of hydrogen-bond donors (Lipinski definition) is 0. The van der Waals surface area contributed by atoms with Gasteiger partial charge in [0, 0.05) is 40.4 Å². The SMILES string of the molecule is CO[C@@]1(c2ccccc2C)O[C@H](COC(C)=O)[C@@H](OC(C)=O)[C@H](OC(C)=O)[C@H]1OC(C)=O. The number of carbonyl (C=O) groups is 4. The van der Waals surface area contributed by atoms with Gasteiger partial charge in [-0.1, -0.05) is 24.3 Å². The molecule has 0 radical (unpaired) electrons. The zero-order chi connectivity index (χ0) is 24.1. The molecule has 1 aromatic rings. The molecule has 2 rings (SSSR count). The van der Waals surface area contributed by atoms with Crippen LogP contribution in [0.2, 0.25) is 0 Å². The lowest BCUT2D eigenvalue weighted by molar-refractivity contribution is -0.368. The van der Waals surface area contributed by atoms with E-state index >= 15 is 0 Å². The summed E-state index contributed by atoms with van der Waals surface area (Å²) in [5.41, 5.74) is 1.21. The minimum absolute atomic E-state index is 0.338. The van der Waals surface area contributed by atoms with Crippen LogP contribution in [0.3, 0.4) is 0 Å². The smallest absolute Gasteiger partial charge is 0.303 e. The highest BCUT2D eigenvalue weighted by Gasteiger charge is 2.61. The fraction of sp³-hybridized carbons (Fsp3) is 0.545. The van der Waals surface area contributed by atoms with E-state index < -0.39 is 54.1 Å². The van der Waals surface area contributed by atoms with Crippen LogP contribution in [0.5, 0.6) is 0 Å². The summed E-state index contributed by atoms with van der Waals surface area (Å²) in [7, 11) is 1.34. The number of carbonyl (C=O) groups excluding carboxylic acids is 4. The summed E-state index contributed by atoms with van der Waals surface area (Å²) in [6, 6.07) is 7.03. The Hall–Kier alpha value is -2.98. The standard InChI is InChI=1S/C22H28O10/c1-12-9-7-8-10-17(12)22(27-6)21(31-16(5)26)20(30-15(4)25)19(29-14(3)24)18(32-22)11-28-13(2)23/h7-10,18-21H,11H2,1-6H3/t18-,19-,20+,21-,22+/m1/s1. The average Bonchev–Trinajstić information content (AvgIpc) is 2.69. The third-order valence-electron chi connectivity index (χ3n) is 4.86. The van der Waals surface area contributed by atoms with Gasteiger partial charge in [-0.05, 0) is 12.5 Å². The highest BCUT2D eigenvalue weighted by atomic mass is 16.7. The second kappa shape index (κ2) is 10.6. The van der Waals surface area contributed by atoms with E-state index in [1.165, 1.54) is 21.0 Å². The molecule has 0 aliphatic carbocycles. The van der Waals surface area contributed by atoms with Gasteiger partial charge in [0.25, 0.3) is 0 Å². The molecule has 0 spiro atoms. The second-order valence-electron chi connectivity index (χ2n) is 7.32. The van der Waals surface area contributed by atoms with Crippen molar-refractivity contribution in [2.45, 2.75) is 64.8 Å². The van der Waals surface area contributed by atoms with Gasteiger partial charge < -0.3 is 28.4 Å². The molecule has 5 atom stereocenters. The fourth-order valence-corrected chi connectivity index (χ4v) is 3.72. The fourth-order valence-electron chi connectivity index (χ4n) is 3.72. The van der Waals surface area contributed by atoms with E-state index in [1.807, 2.05) is 0 Å². The monoisotopic (exact) mass is 452 g/mol. The van der Waals surface area contributed by atoms with Crippen molar-refractivity contribution in [3.05, 3.63) is 35.4 Å². The zero-order valence-corrected chi connectivity index (χ0v) is 18.9. The Morgan fingerprint density at radius 1 is 0.875 bits per heavy atom. The number of rotatable bonds is 7. The molecule has 1 fully saturated rings. The topological polar surface area (TPSA) is 124 Å². The van der Waals surface area contributed by atoms with Crippen molar-refractivity contribution in [1.29, 1.82) is 0 Å². The minimum atomic E-state index is -1.77. The maximum atomic E-state index is 12.0. The average molecular weight is 452 g/mol. The van der Waals surface area contributed by atoms with Crippen LogP contribution in [0.4, 0.5) is 0 Å². The van der Waals surface area contributed by atoms with Crippen LogP contribution in [0, 0.1) is 6.92 Å². The first kappa shape index (κ1) is 25.3. The molecular formula is C22H28O10. The molecule has 10 nitrogen and oxygen atoms in total. The van der Waals surface area contributed by atoms with E-state index in [0.717, 1.165) is 19.4 Å². The summed E-state index contributed by atoms with van der Waals surface area (Å²) in [6.45, 7) is 6.16. The molecule has 1 aromatic carbocycles. The van der Waals surface area contributed by atoms with Gasteiger partial charge in [0.15, 0.2) is 12.2 Å². The van der Waals surface area contributed by atoms with Crippen LogP contribution in [-0.4, -0.2) is 62.0 Å². The van der Waals surface area contributed by atoms with Crippen molar-refractivity contribution in [1.82, 2.24) is 0 Å². The largest absolute Gasteiger partial charge is 0.463 e. The van der Waals surface area contributed by atoms with Crippen molar-refractivity contribution >= 4 is 23.9 Å². The van der Waals surface area contributed by atoms with Crippen molar-refractivity contribution < 1.29 is 47.6 Å². The minimum Gasteiger partial charge on any atom is -0.463 e. The van der Waals surface area contributed by atoms with Crippen LogP contribution >= 0.6 is 0 Å². The quantitative estimate of drug-likeness (QED) is 0.444. The molecule has 176 valence electrons. The van der Waals surface area contributed by atoms with Crippen molar-refractivity contribution in [3.63, 3.8) is 0 Å². The number of methoxy groups -OCH3 is 1.